The first kappa shape index (κ1) is 14.0. The second-order valence-electron chi connectivity index (χ2n) is 3.98. The lowest BCUT2D eigenvalue weighted by Crippen LogP contribution is -2.23. The molecule has 0 aliphatic heterocycles. The summed E-state index contributed by atoms with van der Waals surface area (Å²) >= 11 is 0. The van der Waals surface area contributed by atoms with Crippen LogP contribution in [0, 0.1) is 0 Å². The van der Waals surface area contributed by atoms with E-state index in [0.717, 1.165) is 17.8 Å². The Morgan fingerprint density at radius 3 is 2.35 bits per heavy atom. The minimum Gasteiger partial charge on any atom is -0.487 e. The van der Waals surface area contributed by atoms with Gasteiger partial charge in [-0.3, -0.25) is 4.79 Å². The van der Waals surface area contributed by atoms with Gasteiger partial charge in [0.25, 0.3) is 5.78 Å². The number of ketones is 1. The SMILES string of the molecule is O=C(c1ccc(OCc2ccccc2)cn1)C(F)(F)F. The number of pyridine rings is 1. The molecule has 3 nitrogen and oxygen atoms in total. The topological polar surface area (TPSA) is 39.2 Å². The van der Waals surface area contributed by atoms with Crippen molar-refractivity contribution in [2.75, 3.05) is 0 Å². The second kappa shape index (κ2) is 5.73. The highest BCUT2D eigenvalue weighted by molar-refractivity contribution is 5.98. The Hall–Kier alpha value is -2.37. The number of carbonyl (C=O) groups is 1. The average Bonchev–Trinajstić information content (AvgIpc) is 2.45. The average molecular weight is 281 g/mol. The molecule has 0 radical (unpaired) electrons. The van der Waals surface area contributed by atoms with Crippen molar-refractivity contribution in [3.63, 3.8) is 0 Å². The minimum atomic E-state index is -4.92. The van der Waals surface area contributed by atoms with Gasteiger partial charge in [0.15, 0.2) is 0 Å². The van der Waals surface area contributed by atoms with Crippen molar-refractivity contribution in [3.8, 4) is 5.75 Å². The van der Waals surface area contributed by atoms with Crippen molar-refractivity contribution in [2.24, 2.45) is 0 Å². The van der Waals surface area contributed by atoms with E-state index in [2.05, 4.69) is 4.98 Å². The monoisotopic (exact) mass is 281 g/mol. The van der Waals surface area contributed by atoms with Crippen LogP contribution in [0.1, 0.15) is 16.1 Å². The van der Waals surface area contributed by atoms with Crippen LogP contribution in [0.2, 0.25) is 0 Å². The van der Waals surface area contributed by atoms with Crippen LogP contribution in [0.25, 0.3) is 0 Å². The highest BCUT2D eigenvalue weighted by atomic mass is 19.4. The lowest BCUT2D eigenvalue weighted by atomic mass is 10.2. The van der Waals surface area contributed by atoms with Crippen molar-refractivity contribution < 1.29 is 22.7 Å². The summed E-state index contributed by atoms with van der Waals surface area (Å²) in [5, 5.41) is 0. The third-order valence-corrected chi connectivity index (χ3v) is 2.47. The molecule has 104 valence electrons. The third-order valence-electron chi connectivity index (χ3n) is 2.47. The van der Waals surface area contributed by atoms with Gasteiger partial charge in [-0.25, -0.2) is 4.98 Å². The first-order valence-electron chi connectivity index (χ1n) is 5.71. The molecule has 0 aliphatic carbocycles. The maximum Gasteiger partial charge on any atom is 0.456 e. The molecule has 0 spiro atoms. The Balaban J connectivity index is 2.00. The first-order valence-corrected chi connectivity index (χ1v) is 5.71. The van der Waals surface area contributed by atoms with E-state index >= 15 is 0 Å². The minimum absolute atomic E-state index is 0.273. The number of alkyl halides is 3. The zero-order chi connectivity index (χ0) is 14.6. The number of nitrogens with zero attached hydrogens (tertiary/aromatic N) is 1. The molecule has 0 aliphatic rings. The molecular formula is C14H10F3NO2. The molecule has 1 aromatic heterocycles. The third kappa shape index (κ3) is 3.57. The predicted octanol–water partition coefficient (Wildman–Crippen LogP) is 3.41. The molecule has 0 saturated carbocycles. The van der Waals surface area contributed by atoms with E-state index in [9.17, 15) is 18.0 Å². The van der Waals surface area contributed by atoms with Crippen LogP contribution in [0.4, 0.5) is 13.2 Å². The van der Waals surface area contributed by atoms with Crippen molar-refractivity contribution in [3.05, 3.63) is 59.9 Å². The maximum atomic E-state index is 12.2. The Morgan fingerprint density at radius 1 is 1.10 bits per heavy atom. The number of benzene rings is 1. The molecule has 1 aromatic carbocycles. The number of halogens is 3. The van der Waals surface area contributed by atoms with Gasteiger partial charge < -0.3 is 4.74 Å². The van der Waals surface area contributed by atoms with E-state index in [-0.39, 0.29) is 6.61 Å². The number of Topliss-reactive ketones (excluding diaryl/α,β-unsaturated/α-hetero) is 1. The summed E-state index contributed by atoms with van der Waals surface area (Å²) in [6.45, 7) is 0.273. The molecular weight excluding hydrogens is 271 g/mol. The molecule has 1 heterocycles. The fourth-order valence-corrected chi connectivity index (χ4v) is 1.49. The highest BCUT2D eigenvalue weighted by Gasteiger charge is 2.40. The lowest BCUT2D eigenvalue weighted by Gasteiger charge is -2.07. The van der Waals surface area contributed by atoms with Gasteiger partial charge in [-0.1, -0.05) is 30.3 Å². The van der Waals surface area contributed by atoms with E-state index in [0.29, 0.717) is 5.75 Å². The van der Waals surface area contributed by atoms with E-state index < -0.39 is 17.7 Å². The fraction of sp³-hybridized carbons (Fsp3) is 0.143. The van der Waals surface area contributed by atoms with Crippen molar-refractivity contribution in [1.82, 2.24) is 4.98 Å². The van der Waals surface area contributed by atoms with Gasteiger partial charge in [0.2, 0.25) is 0 Å². The van der Waals surface area contributed by atoms with Crippen LogP contribution in [0.3, 0.4) is 0 Å². The zero-order valence-corrected chi connectivity index (χ0v) is 10.2. The number of rotatable bonds is 4. The number of carbonyl (C=O) groups excluding carboxylic acids is 1. The Kier molecular flexibility index (Phi) is 4.02. The van der Waals surface area contributed by atoms with Gasteiger partial charge in [-0.2, -0.15) is 13.2 Å². The summed E-state index contributed by atoms with van der Waals surface area (Å²) in [6, 6.07) is 11.6. The molecule has 0 N–H and O–H groups in total. The van der Waals surface area contributed by atoms with E-state index in [1.807, 2.05) is 30.3 Å². The van der Waals surface area contributed by atoms with Crippen molar-refractivity contribution in [2.45, 2.75) is 12.8 Å². The van der Waals surface area contributed by atoms with Gasteiger partial charge in [0.1, 0.15) is 18.1 Å². The molecule has 0 saturated heterocycles. The second-order valence-corrected chi connectivity index (χ2v) is 3.98. The van der Waals surface area contributed by atoms with Crippen LogP contribution in [0.15, 0.2) is 48.7 Å². The first-order chi connectivity index (χ1) is 9.47. The molecule has 0 atom stereocenters. The predicted molar refractivity (Wildman–Crippen MR) is 65.4 cm³/mol. The number of aromatic nitrogens is 1. The van der Waals surface area contributed by atoms with Gasteiger partial charge in [-0.15, -0.1) is 0 Å². The maximum absolute atomic E-state index is 12.2. The smallest absolute Gasteiger partial charge is 0.456 e. The van der Waals surface area contributed by atoms with Crippen LogP contribution in [-0.2, 0) is 6.61 Å². The summed E-state index contributed by atoms with van der Waals surface area (Å²) in [7, 11) is 0. The van der Waals surface area contributed by atoms with Crippen LogP contribution < -0.4 is 4.74 Å². The van der Waals surface area contributed by atoms with Crippen molar-refractivity contribution in [1.29, 1.82) is 0 Å². The molecule has 0 fully saturated rings. The molecule has 0 bridgehead atoms. The standard InChI is InChI=1S/C14H10F3NO2/c15-14(16,17)13(19)12-7-6-11(8-18-12)20-9-10-4-2-1-3-5-10/h1-8H,9H2. The zero-order valence-electron chi connectivity index (χ0n) is 10.2. The van der Waals surface area contributed by atoms with Crippen LogP contribution in [-0.4, -0.2) is 16.9 Å². The molecule has 0 amide bonds. The quantitative estimate of drug-likeness (QED) is 0.806. The number of hydrogen-bond donors (Lipinski definition) is 0. The number of ether oxygens (including phenoxy) is 1. The number of hydrogen-bond acceptors (Lipinski definition) is 3. The van der Waals surface area contributed by atoms with Gasteiger partial charge in [0.05, 0.1) is 6.20 Å². The highest BCUT2D eigenvalue weighted by Crippen LogP contribution is 2.21. The Bertz CT molecular complexity index is 580. The summed E-state index contributed by atoms with van der Waals surface area (Å²) in [5.74, 6) is -1.67. The Morgan fingerprint density at radius 2 is 1.80 bits per heavy atom. The normalized spacial score (nSPS) is 11.2. The lowest BCUT2D eigenvalue weighted by molar-refractivity contribution is -0.0888. The molecule has 20 heavy (non-hydrogen) atoms. The van der Waals surface area contributed by atoms with E-state index in [1.165, 1.54) is 6.07 Å². The fourth-order valence-electron chi connectivity index (χ4n) is 1.49. The van der Waals surface area contributed by atoms with Crippen LogP contribution >= 0.6 is 0 Å². The van der Waals surface area contributed by atoms with Gasteiger partial charge in [-0.05, 0) is 17.7 Å². The molecule has 2 aromatic rings. The summed E-state index contributed by atoms with van der Waals surface area (Å²) in [6.07, 6.45) is -3.82. The van der Waals surface area contributed by atoms with Crippen molar-refractivity contribution >= 4 is 5.78 Å². The molecule has 0 unspecified atom stereocenters. The summed E-state index contributed by atoms with van der Waals surface area (Å²) < 4.78 is 41.9. The summed E-state index contributed by atoms with van der Waals surface area (Å²) in [4.78, 5) is 14.4. The van der Waals surface area contributed by atoms with Crippen LogP contribution in [0.5, 0.6) is 5.75 Å². The largest absolute Gasteiger partial charge is 0.487 e. The van der Waals surface area contributed by atoms with E-state index in [1.54, 1.807) is 0 Å². The van der Waals surface area contributed by atoms with Gasteiger partial charge >= 0.3 is 6.18 Å². The van der Waals surface area contributed by atoms with Gasteiger partial charge in [0, 0.05) is 0 Å². The summed E-state index contributed by atoms with van der Waals surface area (Å²) in [5.41, 5.74) is 0.271. The molecule has 2 rings (SSSR count). The Labute approximate surface area is 113 Å². The van der Waals surface area contributed by atoms with E-state index in [4.69, 9.17) is 4.74 Å². The molecule has 6 heteroatoms.